The first kappa shape index (κ1) is 12.8. The summed E-state index contributed by atoms with van der Waals surface area (Å²) >= 11 is 0. The molecule has 0 aliphatic rings. The summed E-state index contributed by atoms with van der Waals surface area (Å²) in [6.45, 7) is 5.80. The fourth-order valence-electron chi connectivity index (χ4n) is 2.09. The molecule has 0 radical (unpaired) electrons. The highest BCUT2D eigenvalue weighted by atomic mass is 16.3. The number of hydrogen-bond donors (Lipinski definition) is 4. The SMILES string of the molecule is CC(O)C(C(C)O)(C(C)O)C(C)O. The van der Waals surface area contributed by atoms with Crippen molar-refractivity contribution in [2.75, 3.05) is 0 Å². The predicted octanol–water partition coefficient (Wildman–Crippen LogP) is -0.504. The van der Waals surface area contributed by atoms with Gasteiger partial charge in [-0.3, -0.25) is 0 Å². The summed E-state index contributed by atoms with van der Waals surface area (Å²) in [6.07, 6.45) is -3.92. The van der Waals surface area contributed by atoms with Gasteiger partial charge in [0.1, 0.15) is 0 Å². The molecular formula is C9H20O4. The topological polar surface area (TPSA) is 80.9 Å². The van der Waals surface area contributed by atoms with Gasteiger partial charge in [0, 0.05) is 0 Å². The van der Waals surface area contributed by atoms with E-state index in [0.717, 1.165) is 0 Å². The smallest absolute Gasteiger partial charge is 0.0728 e. The summed E-state index contributed by atoms with van der Waals surface area (Å²) in [5.74, 6) is 0. The Kier molecular flexibility index (Phi) is 4.32. The van der Waals surface area contributed by atoms with Crippen molar-refractivity contribution in [3.8, 4) is 0 Å². The van der Waals surface area contributed by atoms with Crippen LogP contribution in [0.4, 0.5) is 0 Å². The van der Waals surface area contributed by atoms with Crippen LogP contribution >= 0.6 is 0 Å². The molecule has 4 heteroatoms. The molecule has 4 nitrogen and oxygen atoms in total. The molecule has 0 fully saturated rings. The van der Waals surface area contributed by atoms with Gasteiger partial charge in [-0.1, -0.05) is 0 Å². The highest BCUT2D eigenvalue weighted by molar-refractivity contribution is 4.97. The van der Waals surface area contributed by atoms with Crippen molar-refractivity contribution in [3.63, 3.8) is 0 Å². The highest BCUT2D eigenvalue weighted by Crippen LogP contribution is 2.35. The number of rotatable bonds is 4. The standard InChI is InChI=1S/C9H20O4/c1-5(10)9(6(2)11,7(3)12)8(4)13/h5-8,10-13H,1-4H3. The summed E-state index contributed by atoms with van der Waals surface area (Å²) in [5.41, 5.74) is -1.28. The molecule has 0 saturated carbocycles. The van der Waals surface area contributed by atoms with Crippen LogP contribution in [0.25, 0.3) is 0 Å². The minimum absolute atomic E-state index is 0.979. The van der Waals surface area contributed by atoms with Gasteiger partial charge in [-0.25, -0.2) is 0 Å². The van der Waals surface area contributed by atoms with Gasteiger partial charge >= 0.3 is 0 Å². The third kappa shape index (κ3) is 2.02. The van der Waals surface area contributed by atoms with Crippen LogP contribution < -0.4 is 0 Å². The molecule has 0 rings (SSSR count). The van der Waals surface area contributed by atoms with Gasteiger partial charge in [0.25, 0.3) is 0 Å². The number of aliphatic hydroxyl groups excluding tert-OH is 4. The molecule has 0 bridgehead atoms. The van der Waals surface area contributed by atoms with Crippen molar-refractivity contribution in [3.05, 3.63) is 0 Å². The van der Waals surface area contributed by atoms with Crippen LogP contribution in [0, 0.1) is 5.41 Å². The van der Waals surface area contributed by atoms with E-state index in [2.05, 4.69) is 0 Å². The summed E-state index contributed by atoms with van der Waals surface area (Å²) in [6, 6.07) is 0. The summed E-state index contributed by atoms with van der Waals surface area (Å²) < 4.78 is 0. The third-order valence-electron chi connectivity index (χ3n) is 2.89. The van der Waals surface area contributed by atoms with E-state index in [0.29, 0.717) is 0 Å². The molecule has 0 saturated heterocycles. The van der Waals surface area contributed by atoms with E-state index >= 15 is 0 Å². The van der Waals surface area contributed by atoms with E-state index < -0.39 is 29.8 Å². The Hall–Kier alpha value is -0.160. The maximum atomic E-state index is 9.49. The van der Waals surface area contributed by atoms with Crippen molar-refractivity contribution in [1.82, 2.24) is 0 Å². The van der Waals surface area contributed by atoms with E-state index in [1.165, 1.54) is 27.7 Å². The lowest BCUT2D eigenvalue weighted by Crippen LogP contribution is -2.57. The number of hydrogen-bond acceptors (Lipinski definition) is 4. The molecule has 0 heterocycles. The first-order chi connectivity index (χ1) is 5.77. The second-order valence-corrected chi connectivity index (χ2v) is 3.70. The second kappa shape index (κ2) is 4.37. The molecule has 0 aliphatic carbocycles. The van der Waals surface area contributed by atoms with E-state index in [-0.39, 0.29) is 0 Å². The average Bonchev–Trinajstić information content (AvgIpc) is 1.82. The number of aliphatic hydroxyl groups is 4. The van der Waals surface area contributed by atoms with Gasteiger partial charge in [0.2, 0.25) is 0 Å². The highest BCUT2D eigenvalue weighted by Gasteiger charge is 2.48. The van der Waals surface area contributed by atoms with Gasteiger partial charge in [-0.2, -0.15) is 0 Å². The van der Waals surface area contributed by atoms with Crippen molar-refractivity contribution in [1.29, 1.82) is 0 Å². The second-order valence-electron chi connectivity index (χ2n) is 3.70. The van der Waals surface area contributed by atoms with Crippen LogP contribution in [-0.4, -0.2) is 44.8 Å². The van der Waals surface area contributed by atoms with Gasteiger partial charge < -0.3 is 20.4 Å². The molecule has 4 unspecified atom stereocenters. The molecule has 4 atom stereocenters. The lowest BCUT2D eigenvalue weighted by atomic mass is 9.70. The first-order valence-corrected chi connectivity index (χ1v) is 4.50. The van der Waals surface area contributed by atoms with E-state index in [1.807, 2.05) is 0 Å². The largest absolute Gasteiger partial charge is 0.393 e. The minimum atomic E-state index is -1.28. The molecule has 4 N–H and O–H groups in total. The molecule has 80 valence electrons. The van der Waals surface area contributed by atoms with Gasteiger partial charge in [-0.05, 0) is 27.7 Å². The maximum Gasteiger partial charge on any atom is 0.0728 e. The van der Waals surface area contributed by atoms with Crippen LogP contribution in [0.5, 0.6) is 0 Å². The Morgan fingerprint density at radius 2 is 0.769 bits per heavy atom. The van der Waals surface area contributed by atoms with Crippen molar-refractivity contribution >= 4 is 0 Å². The van der Waals surface area contributed by atoms with Gasteiger partial charge in [0.05, 0.1) is 29.8 Å². The van der Waals surface area contributed by atoms with E-state index in [9.17, 15) is 20.4 Å². The Morgan fingerprint density at radius 1 is 0.615 bits per heavy atom. The molecule has 0 aromatic heterocycles. The molecular weight excluding hydrogens is 172 g/mol. The van der Waals surface area contributed by atoms with Gasteiger partial charge in [0.15, 0.2) is 0 Å². The molecule has 0 aliphatic heterocycles. The van der Waals surface area contributed by atoms with Crippen LogP contribution in [0.2, 0.25) is 0 Å². The Morgan fingerprint density at radius 3 is 0.769 bits per heavy atom. The van der Waals surface area contributed by atoms with Crippen molar-refractivity contribution < 1.29 is 20.4 Å². The zero-order chi connectivity index (χ0) is 10.8. The first-order valence-electron chi connectivity index (χ1n) is 4.50. The van der Waals surface area contributed by atoms with Gasteiger partial charge in [-0.15, -0.1) is 0 Å². The van der Waals surface area contributed by atoms with Crippen LogP contribution in [0.1, 0.15) is 27.7 Å². The summed E-state index contributed by atoms with van der Waals surface area (Å²) in [5, 5.41) is 38.0. The van der Waals surface area contributed by atoms with Crippen LogP contribution in [0.15, 0.2) is 0 Å². The zero-order valence-corrected chi connectivity index (χ0v) is 8.60. The Bertz CT molecular complexity index is 114. The average molecular weight is 192 g/mol. The molecule has 0 aromatic rings. The van der Waals surface area contributed by atoms with E-state index in [4.69, 9.17) is 0 Å². The maximum absolute atomic E-state index is 9.49. The molecule has 0 spiro atoms. The fourth-order valence-corrected chi connectivity index (χ4v) is 2.09. The lowest BCUT2D eigenvalue weighted by Gasteiger charge is -2.43. The molecule has 0 amide bonds. The van der Waals surface area contributed by atoms with E-state index in [1.54, 1.807) is 0 Å². The monoisotopic (exact) mass is 192 g/mol. The fraction of sp³-hybridized carbons (Fsp3) is 1.00. The third-order valence-corrected chi connectivity index (χ3v) is 2.89. The van der Waals surface area contributed by atoms with Crippen molar-refractivity contribution in [2.24, 2.45) is 5.41 Å². The molecule has 0 aromatic carbocycles. The lowest BCUT2D eigenvalue weighted by molar-refractivity contribution is -0.174. The van der Waals surface area contributed by atoms with Crippen LogP contribution in [0.3, 0.4) is 0 Å². The normalized spacial score (nSPS) is 25.8. The zero-order valence-electron chi connectivity index (χ0n) is 8.60. The van der Waals surface area contributed by atoms with Crippen LogP contribution in [-0.2, 0) is 0 Å². The molecule has 13 heavy (non-hydrogen) atoms. The van der Waals surface area contributed by atoms with Crippen molar-refractivity contribution in [2.45, 2.75) is 52.1 Å². The quantitative estimate of drug-likeness (QED) is 0.484. The predicted molar refractivity (Wildman–Crippen MR) is 49.2 cm³/mol. The summed E-state index contributed by atoms with van der Waals surface area (Å²) in [7, 11) is 0. The minimum Gasteiger partial charge on any atom is -0.393 e. The summed E-state index contributed by atoms with van der Waals surface area (Å²) in [4.78, 5) is 0. The Balaban J connectivity index is 5.06. The Labute approximate surface area is 78.8 Å².